The summed E-state index contributed by atoms with van der Waals surface area (Å²) in [6, 6.07) is 17.2. The van der Waals surface area contributed by atoms with Crippen LogP contribution in [0.4, 0.5) is 0 Å². The molecule has 0 spiro atoms. The van der Waals surface area contributed by atoms with E-state index in [0.29, 0.717) is 12.8 Å². The number of hydrogen-bond acceptors (Lipinski definition) is 5. The predicted molar refractivity (Wildman–Crippen MR) is 161 cm³/mol. The van der Waals surface area contributed by atoms with E-state index in [1.54, 1.807) is 0 Å². The largest absolute Gasteiger partial charge is 0.790 e. The van der Waals surface area contributed by atoms with E-state index in [0.717, 1.165) is 48.8 Å². The Morgan fingerprint density at radius 2 is 1.35 bits per heavy atom. The van der Waals surface area contributed by atoms with Crippen molar-refractivity contribution in [2.24, 2.45) is 0 Å². The van der Waals surface area contributed by atoms with E-state index in [2.05, 4.69) is 28.9 Å². The van der Waals surface area contributed by atoms with Gasteiger partial charge < -0.3 is 24.2 Å². The van der Waals surface area contributed by atoms with Gasteiger partial charge in [-0.15, -0.1) is 0 Å². The number of unbranched alkanes of at least 4 members (excludes halogenated alkanes) is 11. The Kier molecular flexibility index (Phi) is 17.5. The van der Waals surface area contributed by atoms with E-state index in [9.17, 15) is 19.1 Å². The van der Waals surface area contributed by atoms with Gasteiger partial charge >= 0.3 is 0 Å². The molecule has 0 saturated carbocycles. The van der Waals surface area contributed by atoms with Gasteiger partial charge in [0, 0.05) is 6.42 Å². The second-order valence-corrected chi connectivity index (χ2v) is 11.8. The topological polar surface area (TPSA) is 102 Å². The summed E-state index contributed by atoms with van der Waals surface area (Å²) >= 11 is 0. The maximum atomic E-state index is 12.5. The summed E-state index contributed by atoms with van der Waals surface area (Å²) < 4.78 is 15.6. The number of carbonyl (C=O) groups excluding carboxylic acids is 1. The van der Waals surface area contributed by atoms with Gasteiger partial charge in [-0.05, 0) is 55.2 Å². The number of amides is 1. The fraction of sp³-hybridized carbons (Fsp3) is 0.545. The molecule has 0 aliphatic rings. The maximum absolute atomic E-state index is 12.5. The summed E-state index contributed by atoms with van der Waals surface area (Å²) in [5, 5.41) is 2.86. The summed E-state index contributed by atoms with van der Waals surface area (Å²) in [4.78, 5) is 34.6. The van der Waals surface area contributed by atoms with Crippen molar-refractivity contribution in [3.63, 3.8) is 0 Å². The zero-order chi connectivity index (χ0) is 28.9. The molecular formula is C33H48NO5P-2. The Hall–Kier alpha value is -2.24. The molecule has 0 fully saturated rings. The quantitative estimate of drug-likeness (QED) is 0.0913. The second kappa shape index (κ2) is 20.6. The lowest BCUT2D eigenvalue weighted by atomic mass is 10.0. The van der Waals surface area contributed by atoms with Crippen LogP contribution in [0.25, 0.3) is 11.1 Å². The molecule has 7 heteroatoms. The molecular weight excluding hydrogens is 521 g/mol. The third kappa shape index (κ3) is 16.8. The zero-order valence-corrected chi connectivity index (χ0v) is 25.1. The highest BCUT2D eigenvalue weighted by Gasteiger charge is 2.14. The van der Waals surface area contributed by atoms with E-state index in [1.807, 2.05) is 54.6 Å². The minimum atomic E-state index is -5.13. The average Bonchev–Trinajstić information content (AvgIpc) is 2.94. The van der Waals surface area contributed by atoms with Crippen molar-refractivity contribution in [2.45, 2.75) is 109 Å². The van der Waals surface area contributed by atoms with Gasteiger partial charge in [0.2, 0.25) is 5.91 Å². The molecule has 2 aromatic carbocycles. The normalized spacial score (nSPS) is 12.6. The van der Waals surface area contributed by atoms with Gasteiger partial charge in [-0.3, -0.25) is 4.79 Å². The molecule has 0 saturated heterocycles. The molecule has 1 amide bonds. The molecule has 6 nitrogen and oxygen atoms in total. The van der Waals surface area contributed by atoms with Crippen LogP contribution in [0.5, 0.6) is 0 Å². The van der Waals surface area contributed by atoms with Gasteiger partial charge in [0.15, 0.2) is 0 Å². The molecule has 40 heavy (non-hydrogen) atoms. The lowest BCUT2D eigenvalue weighted by Crippen LogP contribution is -2.40. The number of phosphoric acid groups is 1. The Morgan fingerprint density at radius 3 is 1.95 bits per heavy atom. The van der Waals surface area contributed by atoms with Crippen LogP contribution in [0, 0.1) is 0 Å². The molecule has 2 rings (SSSR count). The van der Waals surface area contributed by atoms with Crippen LogP contribution in [0.2, 0.25) is 0 Å². The van der Waals surface area contributed by atoms with Crippen LogP contribution in [-0.4, -0.2) is 18.6 Å². The Labute approximate surface area is 241 Å². The fourth-order valence-electron chi connectivity index (χ4n) is 4.74. The third-order valence-corrected chi connectivity index (χ3v) is 7.47. The molecule has 2 aromatic rings. The van der Waals surface area contributed by atoms with Gasteiger partial charge in [-0.2, -0.15) is 0 Å². The van der Waals surface area contributed by atoms with Crippen molar-refractivity contribution in [2.75, 3.05) is 6.61 Å². The molecule has 1 N–H and O–H groups in total. The van der Waals surface area contributed by atoms with Gasteiger partial charge in [0.1, 0.15) is 0 Å². The summed E-state index contributed by atoms with van der Waals surface area (Å²) in [5.74, 6) is -0.154. The van der Waals surface area contributed by atoms with Gasteiger partial charge in [-0.25, -0.2) is 0 Å². The van der Waals surface area contributed by atoms with Crippen molar-refractivity contribution in [3.05, 3.63) is 72.3 Å². The first-order chi connectivity index (χ1) is 19.4. The highest BCUT2D eigenvalue weighted by molar-refractivity contribution is 7.43. The summed E-state index contributed by atoms with van der Waals surface area (Å²) in [6.07, 6.45) is 20.9. The van der Waals surface area contributed by atoms with E-state index in [4.69, 9.17) is 0 Å². The van der Waals surface area contributed by atoms with Crippen LogP contribution in [0.15, 0.2) is 66.7 Å². The van der Waals surface area contributed by atoms with Crippen molar-refractivity contribution >= 4 is 13.7 Å². The Morgan fingerprint density at radius 1 is 0.800 bits per heavy atom. The van der Waals surface area contributed by atoms with E-state index in [-0.39, 0.29) is 12.5 Å². The van der Waals surface area contributed by atoms with Crippen LogP contribution >= 0.6 is 7.82 Å². The fourth-order valence-corrected chi connectivity index (χ4v) is 5.10. The molecule has 0 aromatic heterocycles. The highest BCUT2D eigenvalue weighted by atomic mass is 31.2. The first-order valence-electron chi connectivity index (χ1n) is 15.1. The third-order valence-electron chi connectivity index (χ3n) is 7.01. The van der Waals surface area contributed by atoms with Crippen molar-refractivity contribution < 1.29 is 23.7 Å². The first kappa shape index (κ1) is 34.0. The highest BCUT2D eigenvalue weighted by Crippen LogP contribution is 2.25. The molecule has 0 radical (unpaired) electrons. The molecule has 1 atom stereocenters. The van der Waals surface area contributed by atoms with E-state index < -0.39 is 13.9 Å². The smallest absolute Gasteiger partial charge is 0.220 e. The number of rotatable bonds is 22. The van der Waals surface area contributed by atoms with Crippen LogP contribution in [-0.2, 0) is 20.3 Å². The standard InChI is InChI=1S/C33H50NO5P/c1-2-3-4-5-6-7-8-9-10-11-12-13-14-15-19-22-33(35)34-32(28-39-40(36,37)38)27-29-23-25-31(26-24-29)30-20-17-16-18-21-30/h9-10,16-18,20-21,23-26,32H,2-8,11-15,19,22,27-28H2,1H3,(H,34,35)(H2,36,37,38)/p-2/b10-9-/t32-/m0/s1. The van der Waals surface area contributed by atoms with Gasteiger partial charge in [-0.1, -0.05) is 125 Å². The Balaban J connectivity index is 1.64. The van der Waals surface area contributed by atoms with Gasteiger partial charge in [0.05, 0.1) is 20.5 Å². The maximum Gasteiger partial charge on any atom is 0.220 e. The SMILES string of the molecule is CCCCCCCC/C=C\CCCCCCCC(=O)N[C@H](COP(=O)([O-])[O-])Cc1ccc(-c2ccccc2)cc1. The summed E-state index contributed by atoms with van der Waals surface area (Å²) in [6.45, 7) is 1.88. The number of carbonyl (C=O) groups is 1. The molecule has 0 aliphatic heterocycles. The minimum Gasteiger partial charge on any atom is -0.790 e. The lowest BCUT2D eigenvalue weighted by molar-refractivity contribution is -0.342. The first-order valence-corrected chi connectivity index (χ1v) is 16.6. The molecule has 0 unspecified atom stereocenters. The molecule has 0 bridgehead atoms. The summed E-state index contributed by atoms with van der Waals surface area (Å²) in [5.41, 5.74) is 3.08. The number of benzene rings is 2. The molecule has 0 aliphatic carbocycles. The van der Waals surface area contributed by atoms with Crippen LogP contribution in [0.1, 0.15) is 102 Å². The van der Waals surface area contributed by atoms with E-state index in [1.165, 1.54) is 51.4 Å². The number of nitrogens with one attached hydrogen (secondary N) is 1. The van der Waals surface area contributed by atoms with Crippen molar-refractivity contribution in [1.82, 2.24) is 5.32 Å². The zero-order valence-electron chi connectivity index (χ0n) is 24.2. The number of allylic oxidation sites excluding steroid dienone is 2. The second-order valence-electron chi connectivity index (χ2n) is 10.6. The van der Waals surface area contributed by atoms with Crippen molar-refractivity contribution in [3.8, 4) is 11.1 Å². The van der Waals surface area contributed by atoms with Crippen molar-refractivity contribution in [1.29, 1.82) is 0 Å². The monoisotopic (exact) mass is 569 g/mol. The van der Waals surface area contributed by atoms with Gasteiger partial charge in [0.25, 0.3) is 0 Å². The molecule has 222 valence electrons. The minimum absolute atomic E-state index is 0.154. The number of hydrogen-bond donors (Lipinski definition) is 1. The van der Waals surface area contributed by atoms with E-state index >= 15 is 0 Å². The molecule has 0 heterocycles. The lowest BCUT2D eigenvalue weighted by Gasteiger charge is -2.31. The predicted octanol–water partition coefficient (Wildman–Crippen LogP) is 7.26. The Bertz CT molecular complexity index is 1000. The van der Waals surface area contributed by atoms with Crippen LogP contribution in [0.3, 0.4) is 0 Å². The van der Waals surface area contributed by atoms with Crippen LogP contribution < -0.4 is 15.1 Å². The average molecular weight is 570 g/mol. The number of phosphoric ester groups is 1. The summed E-state index contributed by atoms with van der Waals surface area (Å²) in [7, 11) is -5.13.